The summed E-state index contributed by atoms with van der Waals surface area (Å²) in [6.07, 6.45) is 0. The maximum Gasteiger partial charge on any atom is 0.193 e. The summed E-state index contributed by atoms with van der Waals surface area (Å²) in [5, 5.41) is 1.99. The number of carbonyl (C=O) groups is 1. The quantitative estimate of drug-likeness (QED) is 0.400. The predicted octanol–water partition coefficient (Wildman–Crippen LogP) is 6.36. The molecule has 0 bridgehead atoms. The van der Waals surface area contributed by atoms with Gasteiger partial charge in [-0.15, -0.1) is 0 Å². The van der Waals surface area contributed by atoms with E-state index in [4.69, 9.17) is 0 Å². The summed E-state index contributed by atoms with van der Waals surface area (Å²) in [5.74, 6) is 0.0145. The third-order valence-electron chi connectivity index (χ3n) is 3.24. The number of rotatable bonds is 2. The van der Waals surface area contributed by atoms with E-state index < -0.39 is 0 Å². The van der Waals surface area contributed by atoms with Crippen molar-refractivity contribution >= 4 is 64.3 Å². The Morgan fingerprint density at radius 1 is 0.762 bits per heavy atom. The molecule has 0 saturated heterocycles. The van der Waals surface area contributed by atoms with Gasteiger partial charge in [0, 0.05) is 24.5 Å². The topological polar surface area (TPSA) is 17.1 Å². The highest BCUT2D eigenvalue weighted by molar-refractivity contribution is 9.11. The molecular weight excluding hydrogens is 460 g/mol. The first kappa shape index (κ1) is 14.9. The Bertz CT molecular complexity index is 836. The van der Waals surface area contributed by atoms with Gasteiger partial charge in [-0.3, -0.25) is 4.79 Å². The SMILES string of the molecule is O=C(c1cc(Br)cc(Br)c1)c1ccc(Br)c2ccccc12. The van der Waals surface area contributed by atoms with Crippen LogP contribution < -0.4 is 0 Å². The lowest BCUT2D eigenvalue weighted by Gasteiger charge is -2.08. The van der Waals surface area contributed by atoms with E-state index in [1.807, 2.05) is 54.6 Å². The molecule has 0 radical (unpaired) electrons. The fourth-order valence-corrected chi connectivity index (χ4v) is 4.07. The maximum atomic E-state index is 12.8. The normalized spacial score (nSPS) is 10.8. The van der Waals surface area contributed by atoms with Crippen molar-refractivity contribution in [2.45, 2.75) is 0 Å². The van der Waals surface area contributed by atoms with Crippen molar-refractivity contribution in [1.29, 1.82) is 0 Å². The Morgan fingerprint density at radius 3 is 2.05 bits per heavy atom. The van der Waals surface area contributed by atoms with Crippen LogP contribution in [0.2, 0.25) is 0 Å². The Balaban J connectivity index is 2.20. The van der Waals surface area contributed by atoms with Gasteiger partial charge in [0.1, 0.15) is 0 Å². The first-order valence-corrected chi connectivity index (χ1v) is 8.62. The lowest BCUT2D eigenvalue weighted by Crippen LogP contribution is -2.02. The van der Waals surface area contributed by atoms with E-state index >= 15 is 0 Å². The second-order valence-electron chi connectivity index (χ2n) is 4.63. The first-order chi connectivity index (χ1) is 10.1. The number of halogens is 3. The number of benzene rings is 3. The molecular formula is C17H9Br3O. The molecule has 4 heteroatoms. The van der Waals surface area contributed by atoms with Crippen LogP contribution >= 0.6 is 47.8 Å². The Labute approximate surface area is 147 Å². The molecule has 104 valence electrons. The Morgan fingerprint density at radius 2 is 1.38 bits per heavy atom. The van der Waals surface area contributed by atoms with Crippen LogP contribution in [0.25, 0.3) is 10.8 Å². The standard InChI is InChI=1S/C17H9Br3O/c18-11-7-10(8-12(19)9-11)17(21)15-5-6-16(20)14-4-2-1-3-13(14)15/h1-9H. The molecule has 1 nitrogen and oxygen atoms in total. The third kappa shape index (κ3) is 2.98. The molecule has 0 atom stereocenters. The second kappa shape index (κ2) is 6.03. The Kier molecular flexibility index (Phi) is 4.29. The highest BCUT2D eigenvalue weighted by Gasteiger charge is 2.14. The lowest BCUT2D eigenvalue weighted by atomic mass is 9.97. The summed E-state index contributed by atoms with van der Waals surface area (Å²) in [7, 11) is 0. The molecule has 0 aromatic heterocycles. The third-order valence-corrected chi connectivity index (χ3v) is 4.85. The van der Waals surface area contributed by atoms with Crippen LogP contribution in [-0.2, 0) is 0 Å². The number of hydrogen-bond donors (Lipinski definition) is 0. The number of hydrogen-bond acceptors (Lipinski definition) is 1. The summed E-state index contributed by atoms with van der Waals surface area (Å²) < 4.78 is 2.74. The van der Waals surface area contributed by atoms with Crippen molar-refractivity contribution in [3.63, 3.8) is 0 Å². The van der Waals surface area contributed by atoms with Gasteiger partial charge in [0.05, 0.1) is 0 Å². The molecule has 0 aliphatic carbocycles. The maximum absolute atomic E-state index is 12.8. The van der Waals surface area contributed by atoms with Crippen molar-refractivity contribution in [3.8, 4) is 0 Å². The fraction of sp³-hybridized carbons (Fsp3) is 0. The van der Waals surface area contributed by atoms with Crippen LogP contribution in [0.3, 0.4) is 0 Å². The predicted molar refractivity (Wildman–Crippen MR) is 96.9 cm³/mol. The van der Waals surface area contributed by atoms with Gasteiger partial charge in [-0.25, -0.2) is 0 Å². The van der Waals surface area contributed by atoms with Crippen molar-refractivity contribution in [3.05, 3.63) is 79.1 Å². The van der Waals surface area contributed by atoms with Crippen molar-refractivity contribution < 1.29 is 4.79 Å². The molecule has 3 aromatic rings. The first-order valence-electron chi connectivity index (χ1n) is 6.24. The molecule has 0 heterocycles. The highest BCUT2D eigenvalue weighted by Crippen LogP contribution is 2.29. The minimum Gasteiger partial charge on any atom is -0.289 e. The zero-order valence-electron chi connectivity index (χ0n) is 10.7. The molecule has 3 rings (SSSR count). The van der Waals surface area contributed by atoms with E-state index in [0.717, 1.165) is 24.2 Å². The fourth-order valence-electron chi connectivity index (χ4n) is 2.30. The smallest absolute Gasteiger partial charge is 0.193 e. The second-order valence-corrected chi connectivity index (χ2v) is 7.31. The molecule has 0 unspecified atom stereocenters. The van der Waals surface area contributed by atoms with E-state index in [-0.39, 0.29) is 5.78 Å². The summed E-state index contributed by atoms with van der Waals surface area (Å²) in [4.78, 5) is 12.8. The minimum atomic E-state index is 0.0145. The molecule has 0 fully saturated rings. The summed E-state index contributed by atoms with van der Waals surface area (Å²) in [5.41, 5.74) is 1.36. The van der Waals surface area contributed by atoms with Gasteiger partial charge in [0.15, 0.2) is 5.78 Å². The summed E-state index contributed by atoms with van der Waals surface area (Å²) in [6, 6.07) is 17.3. The molecule has 0 saturated carbocycles. The van der Waals surface area contributed by atoms with Gasteiger partial charge < -0.3 is 0 Å². The van der Waals surface area contributed by atoms with Crippen LogP contribution in [0.15, 0.2) is 68.0 Å². The number of fused-ring (bicyclic) bond motifs is 1. The molecule has 21 heavy (non-hydrogen) atoms. The van der Waals surface area contributed by atoms with Crippen LogP contribution in [0.5, 0.6) is 0 Å². The zero-order valence-corrected chi connectivity index (χ0v) is 15.5. The molecule has 3 aromatic carbocycles. The van der Waals surface area contributed by atoms with E-state index in [1.54, 1.807) is 0 Å². The van der Waals surface area contributed by atoms with Gasteiger partial charge in [-0.05, 0) is 41.1 Å². The van der Waals surface area contributed by atoms with Gasteiger partial charge >= 0.3 is 0 Å². The van der Waals surface area contributed by atoms with E-state index in [9.17, 15) is 4.79 Å². The van der Waals surface area contributed by atoms with Crippen LogP contribution in [0, 0.1) is 0 Å². The van der Waals surface area contributed by atoms with Crippen molar-refractivity contribution in [2.24, 2.45) is 0 Å². The average molecular weight is 469 g/mol. The van der Waals surface area contributed by atoms with Crippen LogP contribution in [0.4, 0.5) is 0 Å². The van der Waals surface area contributed by atoms with Crippen LogP contribution in [-0.4, -0.2) is 5.78 Å². The van der Waals surface area contributed by atoms with Gasteiger partial charge in [0.25, 0.3) is 0 Å². The molecule has 0 amide bonds. The van der Waals surface area contributed by atoms with E-state index in [2.05, 4.69) is 47.8 Å². The average Bonchev–Trinajstić information content (AvgIpc) is 2.46. The van der Waals surface area contributed by atoms with Gasteiger partial charge in [0.2, 0.25) is 0 Å². The minimum absolute atomic E-state index is 0.0145. The highest BCUT2D eigenvalue weighted by atomic mass is 79.9. The number of carbonyl (C=O) groups excluding carboxylic acids is 1. The summed E-state index contributed by atoms with van der Waals surface area (Å²) in [6.45, 7) is 0. The molecule has 0 aliphatic heterocycles. The van der Waals surface area contributed by atoms with Crippen molar-refractivity contribution in [2.75, 3.05) is 0 Å². The zero-order chi connectivity index (χ0) is 15.0. The molecule has 0 aliphatic rings. The lowest BCUT2D eigenvalue weighted by molar-refractivity contribution is 0.104. The van der Waals surface area contributed by atoms with E-state index in [1.165, 1.54) is 0 Å². The number of ketones is 1. The van der Waals surface area contributed by atoms with Gasteiger partial charge in [-0.1, -0.05) is 72.1 Å². The van der Waals surface area contributed by atoms with Crippen LogP contribution in [0.1, 0.15) is 15.9 Å². The largest absolute Gasteiger partial charge is 0.289 e. The monoisotopic (exact) mass is 466 g/mol. The van der Waals surface area contributed by atoms with Gasteiger partial charge in [-0.2, -0.15) is 0 Å². The van der Waals surface area contributed by atoms with E-state index in [0.29, 0.717) is 11.1 Å². The molecule has 0 spiro atoms. The molecule has 0 N–H and O–H groups in total. The van der Waals surface area contributed by atoms with Crippen molar-refractivity contribution in [1.82, 2.24) is 0 Å². The Hall–Kier alpha value is -0.970. The summed E-state index contributed by atoms with van der Waals surface area (Å²) >= 11 is 10.4.